The summed E-state index contributed by atoms with van der Waals surface area (Å²) >= 11 is 0. The summed E-state index contributed by atoms with van der Waals surface area (Å²) in [6.07, 6.45) is 6.58. The number of rotatable bonds is 3. The summed E-state index contributed by atoms with van der Waals surface area (Å²) in [5.74, 6) is 0.781. The molecule has 0 fully saturated rings. The second-order valence-corrected chi connectivity index (χ2v) is 4.06. The molecule has 1 aromatic carbocycles. The van der Waals surface area contributed by atoms with E-state index < -0.39 is 0 Å². The fraction of sp³-hybridized carbons (Fsp3) is 0.143. The van der Waals surface area contributed by atoms with Gasteiger partial charge in [0, 0.05) is 30.0 Å². The number of aryl methyl sites for hydroxylation is 1. The van der Waals surface area contributed by atoms with Crippen LogP contribution in [0.1, 0.15) is 12.6 Å². The van der Waals surface area contributed by atoms with Crippen molar-refractivity contribution in [1.82, 2.24) is 14.4 Å². The average Bonchev–Trinajstić information content (AvgIpc) is 2.84. The molecule has 0 aliphatic heterocycles. The molecule has 2 aromatic heterocycles. The van der Waals surface area contributed by atoms with Crippen molar-refractivity contribution in [3.8, 4) is 0 Å². The zero-order valence-electron chi connectivity index (χ0n) is 10.2. The minimum absolute atomic E-state index is 0.781. The van der Waals surface area contributed by atoms with Crippen LogP contribution in [-0.4, -0.2) is 14.4 Å². The number of nitrogens with zero attached hydrogens (tertiary/aromatic N) is 3. The predicted molar refractivity (Wildman–Crippen MR) is 72.1 cm³/mol. The molecule has 3 aromatic rings. The van der Waals surface area contributed by atoms with Crippen LogP contribution in [0, 0.1) is 0 Å². The average molecular weight is 238 g/mol. The van der Waals surface area contributed by atoms with Crippen LogP contribution in [0.15, 0.2) is 48.9 Å². The van der Waals surface area contributed by atoms with E-state index in [9.17, 15) is 0 Å². The Bertz CT molecular complexity index is 658. The van der Waals surface area contributed by atoms with Gasteiger partial charge in [0.2, 0.25) is 0 Å². The summed E-state index contributed by atoms with van der Waals surface area (Å²) in [5.41, 5.74) is 3.06. The molecule has 0 bridgehead atoms. The molecule has 3 rings (SSSR count). The van der Waals surface area contributed by atoms with Gasteiger partial charge in [0.15, 0.2) is 11.5 Å². The standard InChI is InChI=1S/C14H14N4/c1-2-12-10-16-14-13(15-8-9-18(12)14)17-11-6-4-3-5-7-11/h3-10H,2H2,1H3,(H,15,17). The molecular weight excluding hydrogens is 224 g/mol. The lowest BCUT2D eigenvalue weighted by Crippen LogP contribution is -1.98. The summed E-state index contributed by atoms with van der Waals surface area (Å²) in [7, 11) is 0. The largest absolute Gasteiger partial charge is 0.337 e. The molecule has 0 radical (unpaired) electrons. The molecule has 0 aliphatic rings. The van der Waals surface area contributed by atoms with Gasteiger partial charge < -0.3 is 5.32 Å². The first-order valence-corrected chi connectivity index (χ1v) is 6.01. The molecule has 0 atom stereocenters. The maximum Gasteiger partial charge on any atom is 0.180 e. The van der Waals surface area contributed by atoms with Gasteiger partial charge in [-0.15, -0.1) is 0 Å². The van der Waals surface area contributed by atoms with Crippen molar-refractivity contribution < 1.29 is 0 Å². The molecule has 4 nitrogen and oxygen atoms in total. The minimum atomic E-state index is 0.781. The van der Waals surface area contributed by atoms with Gasteiger partial charge in [0.05, 0.1) is 0 Å². The van der Waals surface area contributed by atoms with Crippen LogP contribution in [0.25, 0.3) is 5.65 Å². The Kier molecular flexibility index (Phi) is 2.68. The lowest BCUT2D eigenvalue weighted by Gasteiger charge is -2.06. The van der Waals surface area contributed by atoms with Gasteiger partial charge in [-0.2, -0.15) is 0 Å². The first kappa shape index (κ1) is 10.8. The van der Waals surface area contributed by atoms with Crippen molar-refractivity contribution in [2.24, 2.45) is 0 Å². The second-order valence-electron chi connectivity index (χ2n) is 4.06. The molecule has 18 heavy (non-hydrogen) atoms. The number of nitrogens with one attached hydrogen (secondary N) is 1. The van der Waals surface area contributed by atoms with Crippen molar-refractivity contribution in [2.75, 3.05) is 5.32 Å². The van der Waals surface area contributed by atoms with Gasteiger partial charge in [0.25, 0.3) is 0 Å². The molecule has 1 N–H and O–H groups in total. The number of hydrogen-bond acceptors (Lipinski definition) is 3. The number of fused-ring (bicyclic) bond motifs is 1. The third-order valence-electron chi connectivity index (χ3n) is 2.90. The Balaban J connectivity index is 2.05. The molecule has 0 aliphatic carbocycles. The third kappa shape index (κ3) is 1.82. The molecule has 4 heteroatoms. The Labute approximate surface area is 105 Å². The molecule has 0 unspecified atom stereocenters. The van der Waals surface area contributed by atoms with E-state index in [1.54, 1.807) is 6.20 Å². The van der Waals surface area contributed by atoms with Crippen LogP contribution in [0.3, 0.4) is 0 Å². The van der Waals surface area contributed by atoms with Gasteiger partial charge >= 0.3 is 0 Å². The number of aromatic nitrogens is 3. The fourth-order valence-corrected chi connectivity index (χ4v) is 1.98. The first-order chi connectivity index (χ1) is 8.88. The van der Waals surface area contributed by atoms with E-state index in [-0.39, 0.29) is 0 Å². The Morgan fingerprint density at radius 1 is 1.17 bits per heavy atom. The topological polar surface area (TPSA) is 42.2 Å². The second kappa shape index (κ2) is 4.49. The van der Waals surface area contributed by atoms with Crippen molar-refractivity contribution in [2.45, 2.75) is 13.3 Å². The number of benzene rings is 1. The number of anilines is 2. The van der Waals surface area contributed by atoms with E-state index >= 15 is 0 Å². The summed E-state index contributed by atoms with van der Waals surface area (Å²) < 4.78 is 2.07. The van der Waals surface area contributed by atoms with E-state index in [4.69, 9.17) is 0 Å². The van der Waals surface area contributed by atoms with E-state index in [0.29, 0.717) is 0 Å². The van der Waals surface area contributed by atoms with E-state index in [0.717, 1.165) is 23.6 Å². The maximum atomic E-state index is 4.42. The van der Waals surface area contributed by atoms with Crippen molar-refractivity contribution in [3.63, 3.8) is 0 Å². The first-order valence-electron chi connectivity index (χ1n) is 6.01. The molecule has 0 saturated heterocycles. The number of imidazole rings is 1. The third-order valence-corrected chi connectivity index (χ3v) is 2.90. The highest BCUT2D eigenvalue weighted by Gasteiger charge is 2.07. The van der Waals surface area contributed by atoms with Gasteiger partial charge in [-0.3, -0.25) is 4.40 Å². The van der Waals surface area contributed by atoms with Crippen LogP contribution in [0.4, 0.5) is 11.5 Å². The van der Waals surface area contributed by atoms with Crippen molar-refractivity contribution >= 4 is 17.2 Å². The van der Waals surface area contributed by atoms with Gasteiger partial charge in [-0.05, 0) is 18.6 Å². The maximum absolute atomic E-state index is 4.42. The highest BCUT2D eigenvalue weighted by Crippen LogP contribution is 2.19. The smallest absolute Gasteiger partial charge is 0.180 e. The minimum Gasteiger partial charge on any atom is -0.337 e. The summed E-state index contributed by atoms with van der Waals surface area (Å²) in [5, 5.41) is 3.29. The number of para-hydroxylation sites is 1. The van der Waals surface area contributed by atoms with Gasteiger partial charge in [-0.25, -0.2) is 9.97 Å². The Morgan fingerprint density at radius 3 is 2.78 bits per heavy atom. The lowest BCUT2D eigenvalue weighted by molar-refractivity contribution is 0.984. The highest BCUT2D eigenvalue weighted by atomic mass is 15.1. The summed E-state index contributed by atoms with van der Waals surface area (Å²) in [4.78, 5) is 8.78. The molecule has 2 heterocycles. The van der Waals surface area contributed by atoms with Gasteiger partial charge in [-0.1, -0.05) is 25.1 Å². The predicted octanol–water partition coefficient (Wildman–Crippen LogP) is 3.04. The molecule has 90 valence electrons. The van der Waals surface area contributed by atoms with Crippen molar-refractivity contribution in [1.29, 1.82) is 0 Å². The Hall–Kier alpha value is -2.36. The molecule has 0 amide bonds. The van der Waals surface area contributed by atoms with Crippen LogP contribution in [0.2, 0.25) is 0 Å². The summed E-state index contributed by atoms with van der Waals surface area (Å²) in [6.45, 7) is 2.12. The molecular formula is C14H14N4. The van der Waals surface area contributed by atoms with E-state index in [2.05, 4.69) is 26.6 Å². The van der Waals surface area contributed by atoms with Crippen molar-refractivity contribution in [3.05, 3.63) is 54.6 Å². The molecule has 0 spiro atoms. The molecule has 0 saturated carbocycles. The lowest BCUT2D eigenvalue weighted by atomic mass is 10.3. The fourth-order valence-electron chi connectivity index (χ4n) is 1.98. The quantitative estimate of drug-likeness (QED) is 0.762. The van der Waals surface area contributed by atoms with Crippen LogP contribution >= 0.6 is 0 Å². The van der Waals surface area contributed by atoms with Crippen LogP contribution in [0.5, 0.6) is 0 Å². The van der Waals surface area contributed by atoms with Gasteiger partial charge in [0.1, 0.15) is 0 Å². The highest BCUT2D eigenvalue weighted by molar-refractivity contribution is 5.69. The van der Waals surface area contributed by atoms with E-state index in [1.165, 1.54) is 5.69 Å². The van der Waals surface area contributed by atoms with E-state index in [1.807, 2.05) is 42.7 Å². The SMILES string of the molecule is CCc1cnc2c(Nc3ccccc3)nccn12. The summed E-state index contributed by atoms with van der Waals surface area (Å²) in [6, 6.07) is 9.99. The van der Waals surface area contributed by atoms with Crippen LogP contribution < -0.4 is 5.32 Å². The van der Waals surface area contributed by atoms with Crippen LogP contribution in [-0.2, 0) is 6.42 Å². The zero-order chi connectivity index (χ0) is 12.4. The normalized spacial score (nSPS) is 10.7. The number of hydrogen-bond donors (Lipinski definition) is 1. The monoisotopic (exact) mass is 238 g/mol. The Morgan fingerprint density at radius 2 is 2.00 bits per heavy atom. The zero-order valence-corrected chi connectivity index (χ0v) is 10.2.